The number of carbonyl (C=O) groups excluding carboxylic acids is 1. The molecule has 88 valence electrons. The Hall–Kier alpha value is -1.00. The van der Waals surface area contributed by atoms with E-state index >= 15 is 0 Å². The van der Waals surface area contributed by atoms with E-state index in [1.54, 1.807) is 17.8 Å². The molecule has 0 saturated heterocycles. The molecule has 16 heavy (non-hydrogen) atoms. The van der Waals surface area contributed by atoms with Gasteiger partial charge >= 0.3 is 5.97 Å². The van der Waals surface area contributed by atoms with Crippen LogP contribution in [0.25, 0.3) is 0 Å². The second-order valence-electron chi connectivity index (χ2n) is 3.51. The fraction of sp³-hybridized carbons (Fsp3) is 0.417. The Morgan fingerprint density at radius 2 is 2.19 bits per heavy atom. The summed E-state index contributed by atoms with van der Waals surface area (Å²) in [5, 5.41) is 0.394. The third-order valence-corrected chi connectivity index (χ3v) is 3.52. The van der Waals surface area contributed by atoms with Gasteiger partial charge in [0.1, 0.15) is 0 Å². The van der Waals surface area contributed by atoms with Gasteiger partial charge in [-0.1, -0.05) is 25.1 Å². The number of rotatable bonds is 5. The number of nitrogens with two attached hydrogens (primary N) is 1. The summed E-state index contributed by atoms with van der Waals surface area (Å²) in [6.45, 7) is 2.72. The quantitative estimate of drug-likeness (QED) is 0.799. The summed E-state index contributed by atoms with van der Waals surface area (Å²) in [5.74, 6) is 0.500. The fourth-order valence-electron chi connectivity index (χ4n) is 1.26. The average Bonchev–Trinajstić information content (AvgIpc) is 2.35. The summed E-state index contributed by atoms with van der Waals surface area (Å²) in [6, 6.07) is 7.50. The normalized spacial score (nSPS) is 12.2. The van der Waals surface area contributed by atoms with E-state index in [0.29, 0.717) is 17.4 Å². The van der Waals surface area contributed by atoms with Crippen LogP contribution in [0.3, 0.4) is 0 Å². The molecule has 2 N–H and O–H groups in total. The minimum absolute atomic E-state index is 0.281. The van der Waals surface area contributed by atoms with Crippen molar-refractivity contribution in [3.8, 4) is 0 Å². The third-order valence-electron chi connectivity index (χ3n) is 2.28. The van der Waals surface area contributed by atoms with Crippen LogP contribution in [-0.4, -0.2) is 24.9 Å². The maximum absolute atomic E-state index is 11.5. The monoisotopic (exact) mass is 239 g/mol. The van der Waals surface area contributed by atoms with Gasteiger partial charge < -0.3 is 10.5 Å². The van der Waals surface area contributed by atoms with Crippen LogP contribution in [0, 0.1) is 0 Å². The third kappa shape index (κ3) is 3.54. The second-order valence-corrected chi connectivity index (χ2v) is 4.93. The Morgan fingerprint density at radius 3 is 2.81 bits per heavy atom. The van der Waals surface area contributed by atoms with Gasteiger partial charge in [-0.2, -0.15) is 11.8 Å². The molecule has 0 saturated carbocycles. The molecule has 0 aromatic heterocycles. The predicted molar refractivity (Wildman–Crippen MR) is 67.6 cm³/mol. The van der Waals surface area contributed by atoms with Crippen molar-refractivity contribution in [1.29, 1.82) is 0 Å². The highest BCUT2D eigenvalue weighted by atomic mass is 32.2. The highest BCUT2D eigenvalue weighted by molar-refractivity contribution is 7.99. The number of methoxy groups -OCH3 is 1. The van der Waals surface area contributed by atoms with Crippen molar-refractivity contribution in [2.24, 2.45) is 5.73 Å². The molecule has 1 rings (SSSR count). The van der Waals surface area contributed by atoms with Crippen LogP contribution in [0.4, 0.5) is 0 Å². The summed E-state index contributed by atoms with van der Waals surface area (Å²) in [6.07, 6.45) is 0. The van der Waals surface area contributed by atoms with Crippen LogP contribution in [0.15, 0.2) is 24.3 Å². The Balaban J connectivity index is 2.75. The van der Waals surface area contributed by atoms with Gasteiger partial charge in [0, 0.05) is 17.5 Å². The van der Waals surface area contributed by atoms with Crippen molar-refractivity contribution >= 4 is 17.7 Å². The highest BCUT2D eigenvalue weighted by Crippen LogP contribution is 2.20. The molecule has 1 aromatic rings. The van der Waals surface area contributed by atoms with E-state index in [-0.39, 0.29) is 5.97 Å². The molecule has 0 aliphatic heterocycles. The summed E-state index contributed by atoms with van der Waals surface area (Å²) >= 11 is 1.74. The van der Waals surface area contributed by atoms with Crippen molar-refractivity contribution in [2.45, 2.75) is 17.9 Å². The van der Waals surface area contributed by atoms with Crippen LogP contribution >= 0.6 is 11.8 Å². The number of carbonyl (C=O) groups is 1. The maximum atomic E-state index is 11.5. The van der Waals surface area contributed by atoms with Gasteiger partial charge in [0.2, 0.25) is 0 Å². The lowest BCUT2D eigenvalue weighted by molar-refractivity contribution is 0.0600. The minimum Gasteiger partial charge on any atom is -0.465 e. The molecule has 0 fully saturated rings. The van der Waals surface area contributed by atoms with Gasteiger partial charge in [-0.3, -0.25) is 0 Å². The van der Waals surface area contributed by atoms with Crippen LogP contribution in [0.5, 0.6) is 0 Å². The minimum atomic E-state index is -0.281. The SMILES string of the molecule is COC(=O)c1ccccc1CSC(C)CN. The molecule has 1 unspecified atom stereocenters. The first-order valence-electron chi connectivity index (χ1n) is 5.17. The first-order valence-corrected chi connectivity index (χ1v) is 6.21. The van der Waals surface area contributed by atoms with Crippen molar-refractivity contribution in [2.75, 3.05) is 13.7 Å². The largest absolute Gasteiger partial charge is 0.465 e. The Bertz CT molecular complexity index is 355. The first-order chi connectivity index (χ1) is 7.69. The van der Waals surface area contributed by atoms with Crippen LogP contribution in [0.2, 0.25) is 0 Å². The van der Waals surface area contributed by atoms with Gasteiger partial charge in [0.15, 0.2) is 0 Å². The average molecular weight is 239 g/mol. The molecule has 0 aliphatic carbocycles. The number of hydrogen-bond donors (Lipinski definition) is 1. The summed E-state index contributed by atoms with van der Waals surface area (Å²) < 4.78 is 4.74. The molecule has 0 aliphatic rings. The number of hydrogen-bond acceptors (Lipinski definition) is 4. The smallest absolute Gasteiger partial charge is 0.338 e. The van der Waals surface area contributed by atoms with Gasteiger partial charge in [-0.25, -0.2) is 4.79 Å². The fourth-order valence-corrected chi connectivity index (χ4v) is 2.11. The Kier molecular flexibility index (Phi) is 5.35. The van der Waals surface area contributed by atoms with Crippen LogP contribution < -0.4 is 5.73 Å². The van der Waals surface area contributed by atoms with Gasteiger partial charge in [0.05, 0.1) is 12.7 Å². The van der Waals surface area contributed by atoms with Gasteiger partial charge in [-0.05, 0) is 11.6 Å². The zero-order valence-corrected chi connectivity index (χ0v) is 10.4. The van der Waals surface area contributed by atoms with Crippen molar-refractivity contribution < 1.29 is 9.53 Å². The Labute approximate surface area is 100 Å². The van der Waals surface area contributed by atoms with Crippen molar-refractivity contribution in [1.82, 2.24) is 0 Å². The molecule has 1 atom stereocenters. The number of ether oxygens (including phenoxy) is 1. The summed E-state index contributed by atoms with van der Waals surface area (Å²) in [7, 11) is 1.40. The standard InChI is InChI=1S/C12H17NO2S/c1-9(7-13)16-8-10-5-3-4-6-11(10)12(14)15-2/h3-6,9H,7-8,13H2,1-2H3. The van der Waals surface area contributed by atoms with Crippen LogP contribution in [-0.2, 0) is 10.5 Å². The van der Waals surface area contributed by atoms with E-state index in [0.717, 1.165) is 11.3 Å². The molecule has 1 aromatic carbocycles. The lowest BCUT2D eigenvalue weighted by Crippen LogP contribution is -2.13. The lowest BCUT2D eigenvalue weighted by Gasteiger charge is -2.10. The van der Waals surface area contributed by atoms with E-state index in [1.165, 1.54) is 7.11 Å². The van der Waals surface area contributed by atoms with Gasteiger partial charge in [-0.15, -0.1) is 0 Å². The van der Waals surface area contributed by atoms with E-state index < -0.39 is 0 Å². The van der Waals surface area contributed by atoms with Crippen molar-refractivity contribution in [3.05, 3.63) is 35.4 Å². The van der Waals surface area contributed by atoms with Crippen molar-refractivity contribution in [3.63, 3.8) is 0 Å². The summed E-state index contributed by atoms with van der Waals surface area (Å²) in [4.78, 5) is 11.5. The molecule has 0 heterocycles. The molecule has 0 amide bonds. The zero-order chi connectivity index (χ0) is 12.0. The molecular formula is C12H17NO2S. The lowest BCUT2D eigenvalue weighted by atomic mass is 10.1. The molecular weight excluding hydrogens is 222 g/mol. The number of esters is 1. The van der Waals surface area contributed by atoms with E-state index in [2.05, 4.69) is 6.92 Å². The zero-order valence-electron chi connectivity index (χ0n) is 9.60. The Morgan fingerprint density at radius 1 is 1.50 bits per heavy atom. The van der Waals surface area contributed by atoms with E-state index in [9.17, 15) is 4.79 Å². The predicted octanol–water partition coefficient (Wildman–Crippen LogP) is 2.05. The van der Waals surface area contributed by atoms with E-state index in [4.69, 9.17) is 10.5 Å². The number of benzene rings is 1. The number of thioether (sulfide) groups is 1. The highest BCUT2D eigenvalue weighted by Gasteiger charge is 2.11. The van der Waals surface area contributed by atoms with E-state index in [1.807, 2.05) is 18.2 Å². The second kappa shape index (κ2) is 6.55. The maximum Gasteiger partial charge on any atom is 0.338 e. The summed E-state index contributed by atoms with van der Waals surface area (Å²) in [5.41, 5.74) is 7.19. The molecule has 0 radical (unpaired) electrons. The molecule has 0 bridgehead atoms. The topological polar surface area (TPSA) is 52.3 Å². The molecule has 3 nitrogen and oxygen atoms in total. The van der Waals surface area contributed by atoms with Crippen LogP contribution in [0.1, 0.15) is 22.8 Å². The van der Waals surface area contributed by atoms with Gasteiger partial charge in [0.25, 0.3) is 0 Å². The first kappa shape index (κ1) is 13.1. The molecule has 0 spiro atoms. The molecule has 4 heteroatoms.